The molecule has 0 bridgehead atoms. The SMILES string of the molecule is CCN(CC1CCN(C(=NC)NCCC(=O)N(C)C)CC1)C(=O)OC(C)(C)C. The summed E-state index contributed by atoms with van der Waals surface area (Å²) < 4.78 is 5.51. The van der Waals surface area contributed by atoms with Gasteiger partial charge in [0, 0.05) is 60.3 Å². The van der Waals surface area contributed by atoms with E-state index in [2.05, 4.69) is 15.2 Å². The van der Waals surface area contributed by atoms with Crippen LogP contribution in [0.4, 0.5) is 4.79 Å². The molecule has 0 unspecified atom stereocenters. The first-order chi connectivity index (χ1) is 13.1. The number of aliphatic imine (C=N–C) groups is 1. The molecular formula is C20H39N5O3. The molecule has 8 nitrogen and oxygen atoms in total. The Hall–Kier alpha value is -1.99. The maximum atomic E-state index is 12.3. The molecule has 1 N–H and O–H groups in total. The summed E-state index contributed by atoms with van der Waals surface area (Å²) in [6.07, 6.45) is 2.21. The molecule has 1 saturated heterocycles. The topological polar surface area (TPSA) is 77.5 Å². The van der Waals surface area contributed by atoms with Gasteiger partial charge in [0.15, 0.2) is 5.96 Å². The zero-order valence-electron chi connectivity index (χ0n) is 18.7. The van der Waals surface area contributed by atoms with Crippen molar-refractivity contribution in [1.29, 1.82) is 0 Å². The molecule has 1 aliphatic heterocycles. The zero-order chi connectivity index (χ0) is 21.3. The number of hydrogen-bond donors (Lipinski definition) is 1. The summed E-state index contributed by atoms with van der Waals surface area (Å²) in [6, 6.07) is 0. The first kappa shape index (κ1) is 24.0. The van der Waals surface area contributed by atoms with E-state index in [1.54, 1.807) is 30.9 Å². The van der Waals surface area contributed by atoms with E-state index < -0.39 is 5.60 Å². The minimum atomic E-state index is -0.472. The number of amides is 2. The number of carbonyl (C=O) groups excluding carboxylic acids is 2. The summed E-state index contributed by atoms with van der Waals surface area (Å²) in [7, 11) is 5.29. The average Bonchev–Trinajstić information content (AvgIpc) is 2.62. The molecule has 0 atom stereocenters. The Morgan fingerprint density at radius 1 is 1.21 bits per heavy atom. The first-order valence-corrected chi connectivity index (χ1v) is 10.2. The summed E-state index contributed by atoms with van der Waals surface area (Å²) in [6.45, 7) is 11.4. The molecule has 8 heteroatoms. The number of nitrogens with one attached hydrogen (secondary N) is 1. The van der Waals surface area contributed by atoms with E-state index >= 15 is 0 Å². The normalized spacial score (nSPS) is 16.0. The quantitative estimate of drug-likeness (QED) is 0.548. The second kappa shape index (κ2) is 11.1. The summed E-state index contributed by atoms with van der Waals surface area (Å²) in [5.74, 6) is 1.39. The average molecular weight is 398 g/mol. The van der Waals surface area contributed by atoms with Gasteiger partial charge in [-0.3, -0.25) is 9.79 Å². The van der Waals surface area contributed by atoms with Crippen LogP contribution in [0.5, 0.6) is 0 Å². The lowest BCUT2D eigenvalue weighted by Gasteiger charge is -2.36. The number of likely N-dealkylation sites (tertiary alicyclic amines) is 1. The predicted molar refractivity (Wildman–Crippen MR) is 112 cm³/mol. The number of carbonyl (C=O) groups is 2. The molecule has 1 rings (SSSR count). The van der Waals surface area contributed by atoms with E-state index in [0.717, 1.165) is 38.4 Å². The van der Waals surface area contributed by atoms with Crippen molar-refractivity contribution in [3.05, 3.63) is 0 Å². The lowest BCUT2D eigenvalue weighted by atomic mass is 9.96. The molecule has 0 aliphatic carbocycles. The summed E-state index contributed by atoms with van der Waals surface area (Å²) in [4.78, 5) is 34.0. The van der Waals surface area contributed by atoms with Gasteiger partial charge in [0.25, 0.3) is 0 Å². The molecule has 2 amide bonds. The van der Waals surface area contributed by atoms with Crippen LogP contribution in [0.1, 0.15) is 47.0 Å². The van der Waals surface area contributed by atoms with E-state index in [4.69, 9.17) is 4.74 Å². The maximum absolute atomic E-state index is 12.3. The number of piperidine rings is 1. The number of rotatable bonds is 6. The Morgan fingerprint density at radius 3 is 2.29 bits per heavy atom. The van der Waals surface area contributed by atoms with Crippen molar-refractivity contribution < 1.29 is 14.3 Å². The summed E-state index contributed by atoms with van der Waals surface area (Å²) >= 11 is 0. The largest absolute Gasteiger partial charge is 0.444 e. The third kappa shape index (κ3) is 8.35. The minimum Gasteiger partial charge on any atom is -0.444 e. The van der Waals surface area contributed by atoms with E-state index in [1.807, 2.05) is 27.7 Å². The highest BCUT2D eigenvalue weighted by atomic mass is 16.6. The molecule has 1 aliphatic rings. The van der Waals surface area contributed by atoms with Crippen molar-refractivity contribution in [2.45, 2.75) is 52.6 Å². The van der Waals surface area contributed by atoms with Crippen LogP contribution in [-0.2, 0) is 9.53 Å². The minimum absolute atomic E-state index is 0.100. The Bertz CT molecular complexity index is 534. The van der Waals surface area contributed by atoms with E-state index in [9.17, 15) is 9.59 Å². The highest BCUT2D eigenvalue weighted by Crippen LogP contribution is 2.20. The predicted octanol–water partition coefficient (Wildman–Crippen LogP) is 2.01. The van der Waals surface area contributed by atoms with Crippen LogP contribution in [-0.4, -0.2) is 92.1 Å². The molecule has 162 valence electrons. The van der Waals surface area contributed by atoms with Gasteiger partial charge in [-0.1, -0.05) is 0 Å². The summed E-state index contributed by atoms with van der Waals surface area (Å²) in [5, 5.41) is 3.28. The van der Waals surface area contributed by atoms with Gasteiger partial charge >= 0.3 is 6.09 Å². The van der Waals surface area contributed by atoms with Gasteiger partial charge in [0.1, 0.15) is 5.60 Å². The molecule has 0 aromatic heterocycles. The van der Waals surface area contributed by atoms with Gasteiger partial charge in [-0.05, 0) is 46.5 Å². The molecule has 0 spiro atoms. The zero-order valence-corrected chi connectivity index (χ0v) is 18.7. The van der Waals surface area contributed by atoms with Crippen LogP contribution >= 0.6 is 0 Å². The van der Waals surface area contributed by atoms with Gasteiger partial charge in [0.05, 0.1) is 0 Å². The molecule has 0 aromatic rings. The lowest BCUT2D eigenvalue weighted by molar-refractivity contribution is -0.128. The van der Waals surface area contributed by atoms with Crippen molar-refractivity contribution in [2.75, 3.05) is 53.9 Å². The van der Waals surface area contributed by atoms with Gasteiger partial charge in [-0.15, -0.1) is 0 Å². The molecule has 1 fully saturated rings. The molecule has 1 heterocycles. The molecule has 0 aromatic carbocycles. The molecule has 0 saturated carbocycles. The Balaban J connectivity index is 2.45. The van der Waals surface area contributed by atoms with Gasteiger partial charge in [-0.2, -0.15) is 0 Å². The number of nitrogens with zero attached hydrogens (tertiary/aromatic N) is 4. The van der Waals surface area contributed by atoms with Gasteiger partial charge in [-0.25, -0.2) is 4.79 Å². The summed E-state index contributed by atoms with van der Waals surface area (Å²) in [5.41, 5.74) is -0.472. The standard InChI is InChI=1S/C20H39N5O3/c1-8-24(19(27)28-20(2,3)4)15-16-10-13-25(14-11-16)18(21-5)22-12-9-17(26)23(6)7/h16H,8-15H2,1-7H3,(H,21,22). The third-order valence-electron chi connectivity index (χ3n) is 4.76. The van der Waals surface area contributed by atoms with E-state index in [0.29, 0.717) is 25.4 Å². The van der Waals surface area contributed by atoms with E-state index in [1.165, 1.54) is 0 Å². The first-order valence-electron chi connectivity index (χ1n) is 10.2. The Morgan fingerprint density at radius 2 is 1.82 bits per heavy atom. The Labute approximate surface area is 170 Å². The van der Waals surface area contributed by atoms with Crippen LogP contribution in [0, 0.1) is 5.92 Å². The molecular weight excluding hydrogens is 358 g/mol. The van der Waals surface area contributed by atoms with Crippen LogP contribution < -0.4 is 5.32 Å². The monoisotopic (exact) mass is 397 g/mol. The highest BCUT2D eigenvalue weighted by Gasteiger charge is 2.27. The van der Waals surface area contributed by atoms with Crippen molar-refractivity contribution in [3.63, 3.8) is 0 Å². The lowest BCUT2D eigenvalue weighted by Crippen LogP contribution is -2.48. The third-order valence-corrected chi connectivity index (χ3v) is 4.76. The fourth-order valence-electron chi connectivity index (χ4n) is 3.14. The van der Waals surface area contributed by atoms with Crippen molar-refractivity contribution in [1.82, 2.24) is 20.0 Å². The maximum Gasteiger partial charge on any atom is 0.410 e. The van der Waals surface area contributed by atoms with Crippen LogP contribution in [0.25, 0.3) is 0 Å². The van der Waals surface area contributed by atoms with Crippen LogP contribution in [0.3, 0.4) is 0 Å². The smallest absolute Gasteiger partial charge is 0.410 e. The Kier molecular flexibility index (Phi) is 9.55. The molecule has 28 heavy (non-hydrogen) atoms. The number of guanidine groups is 1. The molecule has 0 radical (unpaired) electrons. The van der Waals surface area contributed by atoms with Gasteiger partial charge in [0.2, 0.25) is 5.91 Å². The fraction of sp³-hybridized carbons (Fsp3) is 0.850. The van der Waals surface area contributed by atoms with Crippen LogP contribution in [0.15, 0.2) is 4.99 Å². The van der Waals surface area contributed by atoms with Crippen molar-refractivity contribution >= 4 is 18.0 Å². The van der Waals surface area contributed by atoms with Crippen LogP contribution in [0.2, 0.25) is 0 Å². The number of ether oxygens (including phenoxy) is 1. The highest BCUT2D eigenvalue weighted by molar-refractivity contribution is 5.81. The number of hydrogen-bond acceptors (Lipinski definition) is 4. The second-order valence-corrected chi connectivity index (χ2v) is 8.46. The van der Waals surface area contributed by atoms with Crippen molar-refractivity contribution in [3.8, 4) is 0 Å². The van der Waals surface area contributed by atoms with E-state index in [-0.39, 0.29) is 12.0 Å². The fourth-order valence-corrected chi connectivity index (χ4v) is 3.14. The van der Waals surface area contributed by atoms with Gasteiger partial charge < -0.3 is 24.8 Å². The van der Waals surface area contributed by atoms with Crippen molar-refractivity contribution in [2.24, 2.45) is 10.9 Å². The second-order valence-electron chi connectivity index (χ2n) is 8.46.